The third kappa shape index (κ3) is 2.62. The second-order valence-electron chi connectivity index (χ2n) is 6.35. The molecule has 0 aliphatic carbocycles. The molecule has 2 aromatic carbocycles. The minimum atomic E-state index is -0.384. The maximum absolute atomic E-state index is 6.34. The molecule has 0 radical (unpaired) electrons. The Kier molecular flexibility index (Phi) is 3.75. The van der Waals surface area contributed by atoms with Crippen LogP contribution in [0.5, 0.6) is 5.88 Å². The van der Waals surface area contributed by atoms with Crippen molar-refractivity contribution in [3.8, 4) is 17.1 Å². The van der Waals surface area contributed by atoms with Crippen LogP contribution >= 0.6 is 11.8 Å². The number of nitrogens with one attached hydrogen (secondary N) is 1. The van der Waals surface area contributed by atoms with Gasteiger partial charge < -0.3 is 14.6 Å². The van der Waals surface area contributed by atoms with Crippen molar-refractivity contribution in [2.45, 2.75) is 11.4 Å². The lowest BCUT2D eigenvalue weighted by Gasteiger charge is -2.18. The van der Waals surface area contributed by atoms with Crippen molar-refractivity contribution < 1.29 is 4.74 Å². The van der Waals surface area contributed by atoms with Gasteiger partial charge in [-0.05, 0) is 18.4 Å². The second-order valence-corrected chi connectivity index (χ2v) is 7.13. The van der Waals surface area contributed by atoms with E-state index in [1.54, 1.807) is 0 Å². The molecule has 2 aromatic heterocycles. The number of hydrogen-bond acceptors (Lipinski definition) is 6. The van der Waals surface area contributed by atoms with Crippen LogP contribution in [0.15, 0.2) is 59.9 Å². The smallest absolute Gasteiger partial charge is 0.247 e. The number of ether oxygens (including phenoxy) is 1. The number of para-hydroxylation sites is 2. The standard InChI is InChI=1S/C20H17N5OS/c1-25-11-14(12-7-4-6-10-16(12)25)18-21-15-9-5-3-8-13(15)17-19(26-18)22-20(27-2)24-23-17/h3-11,18,21H,1-2H3. The fourth-order valence-corrected chi connectivity index (χ4v) is 3.75. The van der Waals surface area contributed by atoms with Gasteiger partial charge in [0.25, 0.3) is 0 Å². The van der Waals surface area contributed by atoms with Crippen molar-refractivity contribution in [1.29, 1.82) is 0 Å². The first kappa shape index (κ1) is 16.1. The van der Waals surface area contributed by atoms with Crippen LogP contribution in [-0.2, 0) is 7.05 Å². The lowest BCUT2D eigenvalue weighted by atomic mass is 10.1. The summed E-state index contributed by atoms with van der Waals surface area (Å²) < 4.78 is 8.45. The molecule has 5 rings (SSSR count). The predicted molar refractivity (Wildman–Crippen MR) is 107 cm³/mol. The summed E-state index contributed by atoms with van der Waals surface area (Å²) in [5.41, 5.74) is 4.74. The van der Waals surface area contributed by atoms with Crippen molar-refractivity contribution in [1.82, 2.24) is 19.7 Å². The number of nitrogens with zero attached hydrogens (tertiary/aromatic N) is 4. The maximum atomic E-state index is 6.34. The molecule has 0 fully saturated rings. The molecule has 0 bridgehead atoms. The van der Waals surface area contributed by atoms with Gasteiger partial charge in [-0.1, -0.05) is 48.2 Å². The Morgan fingerprint density at radius 2 is 1.89 bits per heavy atom. The van der Waals surface area contributed by atoms with Gasteiger partial charge in [-0.3, -0.25) is 0 Å². The van der Waals surface area contributed by atoms with E-state index in [0.717, 1.165) is 27.7 Å². The molecule has 3 heterocycles. The van der Waals surface area contributed by atoms with E-state index in [1.807, 2.05) is 49.7 Å². The number of rotatable bonds is 2. The van der Waals surface area contributed by atoms with Crippen LogP contribution in [0, 0.1) is 0 Å². The van der Waals surface area contributed by atoms with Gasteiger partial charge in [0.2, 0.25) is 11.0 Å². The second kappa shape index (κ2) is 6.28. The van der Waals surface area contributed by atoms with Gasteiger partial charge in [0.1, 0.15) is 0 Å². The highest BCUT2D eigenvalue weighted by Crippen LogP contribution is 2.40. The van der Waals surface area contributed by atoms with E-state index in [9.17, 15) is 0 Å². The van der Waals surface area contributed by atoms with Crippen molar-refractivity contribution in [2.24, 2.45) is 7.05 Å². The largest absolute Gasteiger partial charge is 0.448 e. The van der Waals surface area contributed by atoms with Gasteiger partial charge in [0.05, 0.1) is 0 Å². The van der Waals surface area contributed by atoms with Crippen molar-refractivity contribution in [2.75, 3.05) is 11.6 Å². The summed E-state index contributed by atoms with van der Waals surface area (Å²) in [6.07, 6.45) is 3.64. The molecular weight excluding hydrogens is 358 g/mol. The highest BCUT2D eigenvalue weighted by molar-refractivity contribution is 7.98. The summed E-state index contributed by atoms with van der Waals surface area (Å²) in [6, 6.07) is 16.3. The lowest BCUT2D eigenvalue weighted by molar-refractivity contribution is 0.226. The minimum absolute atomic E-state index is 0.384. The molecule has 1 atom stereocenters. The monoisotopic (exact) mass is 375 g/mol. The first-order valence-electron chi connectivity index (χ1n) is 8.60. The number of thioether (sulfide) groups is 1. The highest BCUT2D eigenvalue weighted by Gasteiger charge is 2.27. The molecule has 0 amide bonds. The molecule has 0 spiro atoms. The number of hydrogen-bond donors (Lipinski definition) is 1. The summed E-state index contributed by atoms with van der Waals surface area (Å²) in [7, 11) is 2.04. The Labute approximate surface area is 160 Å². The summed E-state index contributed by atoms with van der Waals surface area (Å²) in [6.45, 7) is 0. The Hall–Kier alpha value is -3.06. The first-order valence-corrected chi connectivity index (χ1v) is 9.82. The first-order chi connectivity index (χ1) is 13.2. The van der Waals surface area contributed by atoms with Crippen LogP contribution in [0.4, 0.5) is 5.69 Å². The SMILES string of the molecule is CSc1nnc2c(n1)OC(c1cn(C)c3ccccc13)Nc1ccccc1-2. The fraction of sp³-hybridized carbons (Fsp3) is 0.150. The molecule has 134 valence electrons. The molecule has 0 saturated heterocycles. The van der Waals surface area contributed by atoms with Gasteiger partial charge in [0, 0.05) is 41.0 Å². The third-order valence-electron chi connectivity index (χ3n) is 4.73. The average Bonchev–Trinajstić information content (AvgIpc) is 2.95. The molecule has 7 heteroatoms. The fourth-order valence-electron chi connectivity index (χ4n) is 3.46. The molecular formula is C20H17N5OS. The Bertz CT molecular complexity index is 1160. The number of fused-ring (bicyclic) bond motifs is 4. The quantitative estimate of drug-likeness (QED) is 0.528. The Balaban J connectivity index is 1.71. The minimum Gasteiger partial charge on any atom is -0.448 e. The van der Waals surface area contributed by atoms with Gasteiger partial charge >= 0.3 is 0 Å². The van der Waals surface area contributed by atoms with Gasteiger partial charge in [0.15, 0.2) is 11.9 Å². The van der Waals surface area contributed by atoms with E-state index in [4.69, 9.17) is 4.74 Å². The number of aryl methyl sites for hydroxylation is 1. The molecule has 1 unspecified atom stereocenters. The van der Waals surface area contributed by atoms with E-state index in [2.05, 4.69) is 43.4 Å². The van der Waals surface area contributed by atoms with Crippen LogP contribution in [0.3, 0.4) is 0 Å². The predicted octanol–water partition coefficient (Wildman–Crippen LogP) is 4.26. The van der Waals surface area contributed by atoms with Crippen molar-refractivity contribution >= 4 is 28.4 Å². The zero-order valence-electron chi connectivity index (χ0n) is 14.9. The summed E-state index contributed by atoms with van der Waals surface area (Å²) in [5.74, 6) is 0.490. The van der Waals surface area contributed by atoms with Crippen molar-refractivity contribution in [3.05, 3.63) is 60.3 Å². The van der Waals surface area contributed by atoms with E-state index in [1.165, 1.54) is 11.8 Å². The normalized spacial score (nSPS) is 15.4. The molecule has 4 aromatic rings. The molecule has 6 nitrogen and oxygen atoms in total. The maximum Gasteiger partial charge on any atom is 0.247 e. The summed E-state index contributed by atoms with van der Waals surface area (Å²) >= 11 is 1.44. The van der Waals surface area contributed by atoms with Gasteiger partial charge in [-0.15, -0.1) is 10.2 Å². The Morgan fingerprint density at radius 1 is 1.07 bits per heavy atom. The van der Waals surface area contributed by atoms with Crippen LogP contribution in [0.1, 0.15) is 11.8 Å². The van der Waals surface area contributed by atoms with E-state index in [0.29, 0.717) is 16.7 Å². The van der Waals surface area contributed by atoms with Crippen LogP contribution in [-0.4, -0.2) is 26.0 Å². The van der Waals surface area contributed by atoms with Gasteiger partial charge in [-0.25, -0.2) is 0 Å². The van der Waals surface area contributed by atoms with Crippen molar-refractivity contribution in [3.63, 3.8) is 0 Å². The molecule has 27 heavy (non-hydrogen) atoms. The van der Waals surface area contributed by atoms with Crippen LogP contribution in [0.2, 0.25) is 0 Å². The van der Waals surface area contributed by atoms with Crippen LogP contribution in [0.25, 0.3) is 22.2 Å². The number of aromatic nitrogens is 4. The number of benzene rings is 2. The molecule has 0 saturated carbocycles. The molecule has 1 aliphatic rings. The zero-order valence-corrected chi connectivity index (χ0v) is 15.7. The summed E-state index contributed by atoms with van der Waals surface area (Å²) in [4.78, 5) is 4.57. The summed E-state index contributed by atoms with van der Waals surface area (Å²) in [5, 5.41) is 13.8. The lowest BCUT2D eigenvalue weighted by Crippen LogP contribution is -2.17. The number of anilines is 1. The topological polar surface area (TPSA) is 64.9 Å². The Morgan fingerprint density at radius 3 is 2.78 bits per heavy atom. The van der Waals surface area contributed by atoms with E-state index < -0.39 is 0 Å². The third-order valence-corrected chi connectivity index (χ3v) is 5.26. The molecule has 1 aliphatic heterocycles. The highest BCUT2D eigenvalue weighted by atomic mass is 32.2. The van der Waals surface area contributed by atoms with E-state index >= 15 is 0 Å². The van der Waals surface area contributed by atoms with Gasteiger partial charge in [-0.2, -0.15) is 4.98 Å². The average molecular weight is 375 g/mol. The van der Waals surface area contributed by atoms with E-state index in [-0.39, 0.29) is 6.23 Å². The zero-order chi connectivity index (χ0) is 18.4. The molecule has 1 N–H and O–H groups in total. The van der Waals surface area contributed by atoms with Crippen LogP contribution < -0.4 is 10.1 Å².